The summed E-state index contributed by atoms with van der Waals surface area (Å²) in [5.41, 5.74) is 1.58. The predicted molar refractivity (Wildman–Crippen MR) is 116 cm³/mol. The van der Waals surface area contributed by atoms with E-state index in [1.54, 1.807) is 0 Å². The van der Waals surface area contributed by atoms with Gasteiger partial charge in [0, 0.05) is 18.0 Å². The number of aromatic nitrogens is 3. The summed E-state index contributed by atoms with van der Waals surface area (Å²) in [5.74, 6) is 4.75. The molecule has 1 aliphatic heterocycles. The fraction of sp³-hybridized carbons (Fsp3) is 0.680. The highest BCUT2D eigenvalue weighted by molar-refractivity contribution is 5.55. The molecule has 2 heterocycles. The predicted octanol–water partition coefficient (Wildman–Crippen LogP) is 6.70. The van der Waals surface area contributed by atoms with Crippen molar-refractivity contribution in [2.24, 2.45) is 23.2 Å². The zero-order valence-corrected chi connectivity index (χ0v) is 18.2. The van der Waals surface area contributed by atoms with Crippen LogP contribution in [0.5, 0.6) is 0 Å². The quantitative estimate of drug-likeness (QED) is 0.559. The first-order chi connectivity index (χ1) is 13.5. The topological polar surface area (TPSA) is 30.7 Å². The summed E-state index contributed by atoms with van der Waals surface area (Å²) in [6, 6.07) is 11.2. The Morgan fingerprint density at radius 3 is 2.61 bits per heavy atom. The average Bonchev–Trinajstić information content (AvgIpc) is 3.19. The van der Waals surface area contributed by atoms with E-state index >= 15 is 0 Å². The lowest BCUT2D eigenvalue weighted by Gasteiger charge is -2.40. The zero-order valence-electron chi connectivity index (χ0n) is 18.2. The summed E-state index contributed by atoms with van der Waals surface area (Å²) in [4.78, 5) is 0. The lowest BCUT2D eigenvalue weighted by Crippen LogP contribution is -2.33. The van der Waals surface area contributed by atoms with Crippen molar-refractivity contribution in [3.63, 3.8) is 0 Å². The van der Waals surface area contributed by atoms with Gasteiger partial charge in [-0.2, -0.15) is 0 Å². The summed E-state index contributed by atoms with van der Waals surface area (Å²) in [6.07, 6.45) is 10.4. The van der Waals surface area contributed by atoms with Crippen molar-refractivity contribution in [2.75, 3.05) is 0 Å². The van der Waals surface area contributed by atoms with Crippen LogP contribution in [-0.4, -0.2) is 14.8 Å². The molecule has 0 N–H and O–H groups in total. The highest BCUT2D eigenvalue weighted by Crippen LogP contribution is 2.58. The molecular weight excluding hydrogens is 342 g/mol. The summed E-state index contributed by atoms with van der Waals surface area (Å²) in [5, 5.41) is 9.29. The van der Waals surface area contributed by atoms with Crippen molar-refractivity contribution in [1.82, 2.24) is 14.8 Å². The second kappa shape index (κ2) is 8.00. The number of nitrogens with zero attached hydrogens (tertiary/aromatic N) is 3. The van der Waals surface area contributed by atoms with E-state index in [0.717, 1.165) is 30.0 Å². The number of rotatable bonds is 6. The number of hydrogen-bond acceptors (Lipinski definition) is 2. The number of fused-ring (bicyclic) bond motifs is 3. The molecule has 3 heteroatoms. The molecule has 3 nitrogen and oxygen atoms in total. The normalized spacial score (nSPS) is 28.0. The van der Waals surface area contributed by atoms with E-state index in [4.69, 9.17) is 0 Å². The van der Waals surface area contributed by atoms with Crippen LogP contribution in [0.25, 0.3) is 11.4 Å². The number of benzene rings is 1. The van der Waals surface area contributed by atoms with Crippen LogP contribution >= 0.6 is 0 Å². The number of hydrogen-bond donors (Lipinski definition) is 0. The highest BCUT2D eigenvalue weighted by atomic mass is 15.3. The summed E-state index contributed by atoms with van der Waals surface area (Å²) in [7, 11) is 0. The van der Waals surface area contributed by atoms with Crippen molar-refractivity contribution >= 4 is 0 Å². The van der Waals surface area contributed by atoms with Crippen LogP contribution in [0.2, 0.25) is 0 Å². The van der Waals surface area contributed by atoms with Gasteiger partial charge in [0.05, 0.1) is 0 Å². The minimum absolute atomic E-state index is 0.369. The van der Waals surface area contributed by atoms with Gasteiger partial charge in [-0.1, -0.05) is 77.3 Å². The summed E-state index contributed by atoms with van der Waals surface area (Å²) >= 11 is 0. The molecule has 0 radical (unpaired) electrons. The minimum atomic E-state index is 0.369. The fourth-order valence-corrected chi connectivity index (χ4v) is 6.24. The molecule has 0 bridgehead atoms. The van der Waals surface area contributed by atoms with Crippen LogP contribution in [0, 0.1) is 23.2 Å². The van der Waals surface area contributed by atoms with E-state index < -0.39 is 0 Å². The molecule has 2 aromatic rings. The van der Waals surface area contributed by atoms with Crippen molar-refractivity contribution in [2.45, 2.75) is 85.1 Å². The molecule has 4 rings (SSSR count). The van der Waals surface area contributed by atoms with Crippen molar-refractivity contribution in [3.8, 4) is 11.4 Å². The van der Waals surface area contributed by atoms with Crippen molar-refractivity contribution in [1.29, 1.82) is 0 Å². The van der Waals surface area contributed by atoms with Gasteiger partial charge in [0.2, 0.25) is 0 Å². The maximum atomic E-state index is 4.65. The van der Waals surface area contributed by atoms with E-state index in [9.17, 15) is 0 Å². The first-order valence-electron chi connectivity index (χ1n) is 11.5. The molecule has 1 fully saturated rings. The van der Waals surface area contributed by atoms with E-state index in [1.807, 2.05) is 0 Å². The van der Waals surface area contributed by atoms with Crippen LogP contribution in [0.3, 0.4) is 0 Å². The third-order valence-corrected chi connectivity index (χ3v) is 7.71. The molecule has 0 saturated heterocycles. The molecule has 1 saturated carbocycles. The van der Waals surface area contributed by atoms with Crippen LogP contribution < -0.4 is 0 Å². The Labute approximate surface area is 171 Å². The molecule has 1 aromatic carbocycles. The molecular formula is C25H37N3. The second-order valence-electron chi connectivity index (χ2n) is 10.0. The maximum Gasteiger partial charge on any atom is 0.164 e. The first-order valence-corrected chi connectivity index (χ1v) is 11.5. The van der Waals surface area contributed by atoms with Gasteiger partial charge in [-0.05, 0) is 48.9 Å². The standard InChI is InChI=1S/C25H37N3/c1-18(2)10-8-11-19(3)21-15-16-22-25(21,4)17-9-14-23-26-27-24(28(22)23)20-12-6-5-7-13-20/h5-7,12-13,18-19,21-22H,8-11,14-17H2,1-4H3/t19?,21-,22-,25-/m1/s1. The van der Waals surface area contributed by atoms with Crippen LogP contribution in [0.1, 0.15) is 84.5 Å². The fourth-order valence-electron chi connectivity index (χ4n) is 6.24. The Hall–Kier alpha value is -1.64. The summed E-state index contributed by atoms with van der Waals surface area (Å²) < 4.78 is 2.54. The van der Waals surface area contributed by atoms with Crippen LogP contribution in [0.15, 0.2) is 30.3 Å². The van der Waals surface area contributed by atoms with Crippen molar-refractivity contribution < 1.29 is 0 Å². The van der Waals surface area contributed by atoms with Gasteiger partial charge in [0.1, 0.15) is 5.82 Å². The van der Waals surface area contributed by atoms with Gasteiger partial charge in [-0.25, -0.2) is 0 Å². The molecule has 0 spiro atoms. The monoisotopic (exact) mass is 379 g/mol. The summed E-state index contributed by atoms with van der Waals surface area (Å²) in [6.45, 7) is 9.80. The minimum Gasteiger partial charge on any atom is -0.307 e. The lowest BCUT2D eigenvalue weighted by atomic mass is 9.68. The Morgan fingerprint density at radius 1 is 1.07 bits per heavy atom. The largest absolute Gasteiger partial charge is 0.307 e. The van der Waals surface area contributed by atoms with Gasteiger partial charge in [-0.3, -0.25) is 0 Å². The van der Waals surface area contributed by atoms with Gasteiger partial charge >= 0.3 is 0 Å². The molecule has 1 aliphatic carbocycles. The van der Waals surface area contributed by atoms with Gasteiger partial charge in [0.25, 0.3) is 0 Å². The third kappa shape index (κ3) is 3.53. The zero-order chi connectivity index (χ0) is 19.7. The highest BCUT2D eigenvalue weighted by Gasteiger charge is 2.50. The van der Waals surface area contributed by atoms with Gasteiger partial charge in [0.15, 0.2) is 5.82 Å². The van der Waals surface area contributed by atoms with Crippen LogP contribution in [0.4, 0.5) is 0 Å². The van der Waals surface area contributed by atoms with Gasteiger partial charge < -0.3 is 4.57 Å². The smallest absolute Gasteiger partial charge is 0.164 e. The Kier molecular flexibility index (Phi) is 5.62. The Balaban J connectivity index is 1.62. The molecule has 4 atom stereocenters. The first kappa shape index (κ1) is 19.7. The van der Waals surface area contributed by atoms with Gasteiger partial charge in [-0.15, -0.1) is 10.2 Å². The average molecular weight is 380 g/mol. The van der Waals surface area contributed by atoms with E-state index in [1.165, 1.54) is 56.3 Å². The molecule has 152 valence electrons. The molecule has 28 heavy (non-hydrogen) atoms. The Bertz CT molecular complexity index is 778. The molecule has 1 unspecified atom stereocenters. The SMILES string of the molecule is CC(C)CCCC(C)[C@H]1CC[C@H]2n3c(nnc3-c3ccccc3)CCC[C@]12C. The third-order valence-electron chi connectivity index (χ3n) is 7.71. The molecule has 1 aromatic heterocycles. The lowest BCUT2D eigenvalue weighted by molar-refractivity contribution is 0.105. The second-order valence-corrected chi connectivity index (χ2v) is 10.0. The van der Waals surface area contributed by atoms with E-state index in [2.05, 4.69) is 72.8 Å². The number of aryl methyl sites for hydroxylation is 1. The van der Waals surface area contributed by atoms with E-state index in [0.29, 0.717) is 11.5 Å². The molecule has 0 amide bonds. The molecule has 2 aliphatic rings. The van der Waals surface area contributed by atoms with Crippen molar-refractivity contribution in [3.05, 3.63) is 36.2 Å². The van der Waals surface area contributed by atoms with E-state index in [-0.39, 0.29) is 0 Å². The maximum absolute atomic E-state index is 4.65. The van der Waals surface area contributed by atoms with Crippen LogP contribution in [-0.2, 0) is 6.42 Å². The Morgan fingerprint density at radius 2 is 1.86 bits per heavy atom.